The maximum absolute atomic E-state index is 4.31. The lowest BCUT2D eigenvalue weighted by molar-refractivity contribution is 0.688. The van der Waals surface area contributed by atoms with Crippen LogP contribution in [0.15, 0.2) is 18.3 Å². The Morgan fingerprint density at radius 3 is 2.81 bits per heavy atom. The zero-order chi connectivity index (χ0) is 11.6. The van der Waals surface area contributed by atoms with Crippen molar-refractivity contribution >= 4 is 17.6 Å². The van der Waals surface area contributed by atoms with E-state index in [9.17, 15) is 0 Å². The van der Waals surface area contributed by atoms with E-state index in [1.807, 2.05) is 24.0 Å². The quantitative estimate of drug-likeness (QED) is 0.699. The summed E-state index contributed by atoms with van der Waals surface area (Å²) in [4.78, 5) is 4.31. The Balaban J connectivity index is 2.05. The summed E-state index contributed by atoms with van der Waals surface area (Å²) in [7, 11) is 0. The molecule has 1 heterocycles. The molecule has 0 amide bonds. The van der Waals surface area contributed by atoms with Gasteiger partial charge in [0.05, 0.1) is 0 Å². The Kier molecular flexibility index (Phi) is 7.06. The molecule has 0 saturated carbocycles. The van der Waals surface area contributed by atoms with Crippen LogP contribution in [-0.4, -0.2) is 23.5 Å². The topological polar surface area (TPSA) is 24.9 Å². The number of hydrogen-bond acceptors (Lipinski definition) is 3. The maximum atomic E-state index is 4.31. The standard InChI is InChI=1S/C13H22N2S/c1-12-8-7-10-15-13(12)14-9-5-3-4-6-11-16-2/h7-8,10H,3-6,9,11H2,1-2H3,(H,14,15). The highest BCUT2D eigenvalue weighted by Gasteiger charge is 1.96. The van der Waals surface area contributed by atoms with E-state index >= 15 is 0 Å². The Bertz CT molecular complexity index is 289. The van der Waals surface area contributed by atoms with Gasteiger partial charge in [-0.1, -0.05) is 18.9 Å². The number of pyridine rings is 1. The van der Waals surface area contributed by atoms with Crippen LogP contribution in [0, 0.1) is 6.92 Å². The van der Waals surface area contributed by atoms with Gasteiger partial charge in [0.1, 0.15) is 5.82 Å². The van der Waals surface area contributed by atoms with E-state index in [2.05, 4.69) is 29.5 Å². The molecular weight excluding hydrogens is 216 g/mol. The van der Waals surface area contributed by atoms with Crippen LogP contribution in [0.2, 0.25) is 0 Å². The van der Waals surface area contributed by atoms with E-state index in [1.165, 1.54) is 37.0 Å². The third kappa shape index (κ3) is 5.40. The van der Waals surface area contributed by atoms with E-state index in [-0.39, 0.29) is 0 Å². The lowest BCUT2D eigenvalue weighted by Crippen LogP contribution is -2.04. The van der Waals surface area contributed by atoms with E-state index in [4.69, 9.17) is 0 Å². The summed E-state index contributed by atoms with van der Waals surface area (Å²) in [5, 5.41) is 3.39. The molecule has 0 bridgehead atoms. The van der Waals surface area contributed by atoms with Crippen molar-refractivity contribution in [1.29, 1.82) is 0 Å². The van der Waals surface area contributed by atoms with Crippen LogP contribution in [-0.2, 0) is 0 Å². The number of hydrogen-bond donors (Lipinski definition) is 1. The van der Waals surface area contributed by atoms with E-state index in [0.717, 1.165) is 12.4 Å². The Morgan fingerprint density at radius 1 is 1.25 bits per heavy atom. The summed E-state index contributed by atoms with van der Waals surface area (Å²) in [5.41, 5.74) is 1.23. The molecule has 1 aromatic rings. The van der Waals surface area contributed by atoms with Crippen molar-refractivity contribution in [2.45, 2.75) is 32.6 Å². The number of thioether (sulfide) groups is 1. The monoisotopic (exact) mass is 238 g/mol. The average Bonchev–Trinajstić information content (AvgIpc) is 2.30. The molecule has 0 unspecified atom stereocenters. The molecule has 1 rings (SSSR count). The van der Waals surface area contributed by atoms with Crippen LogP contribution in [0.25, 0.3) is 0 Å². The molecule has 90 valence electrons. The van der Waals surface area contributed by atoms with Gasteiger partial charge in [-0.2, -0.15) is 11.8 Å². The molecule has 0 radical (unpaired) electrons. The molecule has 0 saturated heterocycles. The molecule has 0 fully saturated rings. The molecule has 0 atom stereocenters. The van der Waals surface area contributed by atoms with Gasteiger partial charge in [-0.15, -0.1) is 0 Å². The molecule has 0 aromatic carbocycles. The SMILES string of the molecule is CSCCCCCCNc1ncccc1C. The van der Waals surface area contributed by atoms with Crippen LogP contribution < -0.4 is 5.32 Å². The Morgan fingerprint density at radius 2 is 2.06 bits per heavy atom. The lowest BCUT2D eigenvalue weighted by Gasteiger charge is -2.07. The van der Waals surface area contributed by atoms with Gasteiger partial charge >= 0.3 is 0 Å². The van der Waals surface area contributed by atoms with Crippen molar-refractivity contribution in [2.75, 3.05) is 23.9 Å². The van der Waals surface area contributed by atoms with Crippen molar-refractivity contribution in [3.63, 3.8) is 0 Å². The molecule has 1 aromatic heterocycles. The minimum Gasteiger partial charge on any atom is -0.370 e. The minimum atomic E-state index is 1.03. The fourth-order valence-electron chi connectivity index (χ4n) is 1.60. The summed E-state index contributed by atoms with van der Waals surface area (Å²) in [6.07, 6.45) is 9.27. The van der Waals surface area contributed by atoms with Gasteiger partial charge in [0.25, 0.3) is 0 Å². The molecule has 3 heteroatoms. The molecular formula is C13H22N2S. The fraction of sp³-hybridized carbons (Fsp3) is 0.615. The van der Waals surface area contributed by atoms with Crippen LogP contribution in [0.5, 0.6) is 0 Å². The number of aromatic nitrogens is 1. The van der Waals surface area contributed by atoms with Gasteiger partial charge in [0.15, 0.2) is 0 Å². The van der Waals surface area contributed by atoms with Crippen molar-refractivity contribution in [3.05, 3.63) is 23.9 Å². The molecule has 2 nitrogen and oxygen atoms in total. The number of nitrogens with zero attached hydrogens (tertiary/aromatic N) is 1. The van der Waals surface area contributed by atoms with Crippen LogP contribution in [0.3, 0.4) is 0 Å². The van der Waals surface area contributed by atoms with Gasteiger partial charge < -0.3 is 5.32 Å². The fourth-order valence-corrected chi connectivity index (χ4v) is 2.10. The van der Waals surface area contributed by atoms with Gasteiger partial charge in [0.2, 0.25) is 0 Å². The molecule has 1 N–H and O–H groups in total. The average molecular weight is 238 g/mol. The van der Waals surface area contributed by atoms with Crippen LogP contribution in [0.1, 0.15) is 31.2 Å². The van der Waals surface area contributed by atoms with Gasteiger partial charge in [-0.25, -0.2) is 4.98 Å². The van der Waals surface area contributed by atoms with Gasteiger partial charge in [-0.3, -0.25) is 0 Å². The zero-order valence-electron chi connectivity index (χ0n) is 10.3. The third-order valence-corrected chi connectivity index (χ3v) is 3.27. The van der Waals surface area contributed by atoms with E-state index < -0.39 is 0 Å². The minimum absolute atomic E-state index is 1.03. The molecule has 0 spiro atoms. The molecule has 0 aliphatic rings. The van der Waals surface area contributed by atoms with Crippen molar-refractivity contribution in [1.82, 2.24) is 4.98 Å². The highest BCUT2D eigenvalue weighted by Crippen LogP contribution is 2.10. The molecule has 16 heavy (non-hydrogen) atoms. The second kappa shape index (κ2) is 8.45. The van der Waals surface area contributed by atoms with Crippen LogP contribution in [0.4, 0.5) is 5.82 Å². The molecule has 0 aliphatic carbocycles. The Labute approximate surface area is 103 Å². The second-order valence-corrected chi connectivity index (χ2v) is 4.99. The van der Waals surface area contributed by atoms with Gasteiger partial charge in [0, 0.05) is 12.7 Å². The number of aryl methyl sites for hydroxylation is 1. The third-order valence-electron chi connectivity index (χ3n) is 2.58. The van der Waals surface area contributed by atoms with E-state index in [1.54, 1.807) is 0 Å². The summed E-state index contributed by atoms with van der Waals surface area (Å²) in [6.45, 7) is 3.13. The first-order chi connectivity index (χ1) is 7.84. The highest BCUT2D eigenvalue weighted by atomic mass is 32.2. The summed E-state index contributed by atoms with van der Waals surface area (Å²) in [5.74, 6) is 2.33. The first-order valence-electron chi connectivity index (χ1n) is 5.99. The predicted octanol–water partition coefficient (Wildman–Crippen LogP) is 3.73. The predicted molar refractivity (Wildman–Crippen MR) is 74.3 cm³/mol. The first-order valence-corrected chi connectivity index (χ1v) is 7.38. The van der Waals surface area contributed by atoms with Crippen LogP contribution >= 0.6 is 11.8 Å². The summed E-state index contributed by atoms with van der Waals surface area (Å²) < 4.78 is 0. The smallest absolute Gasteiger partial charge is 0.128 e. The van der Waals surface area contributed by atoms with Gasteiger partial charge in [-0.05, 0) is 43.4 Å². The lowest BCUT2D eigenvalue weighted by atomic mass is 10.2. The zero-order valence-corrected chi connectivity index (χ0v) is 11.1. The van der Waals surface area contributed by atoms with Crippen molar-refractivity contribution < 1.29 is 0 Å². The number of nitrogens with one attached hydrogen (secondary N) is 1. The number of anilines is 1. The van der Waals surface area contributed by atoms with Crippen molar-refractivity contribution in [3.8, 4) is 0 Å². The number of rotatable bonds is 8. The summed E-state index contributed by atoms with van der Waals surface area (Å²) >= 11 is 1.94. The largest absolute Gasteiger partial charge is 0.370 e. The normalized spacial score (nSPS) is 10.4. The first kappa shape index (κ1) is 13.4. The highest BCUT2D eigenvalue weighted by molar-refractivity contribution is 7.98. The Hall–Kier alpha value is -0.700. The van der Waals surface area contributed by atoms with Crippen molar-refractivity contribution in [2.24, 2.45) is 0 Å². The van der Waals surface area contributed by atoms with E-state index in [0.29, 0.717) is 0 Å². The maximum Gasteiger partial charge on any atom is 0.128 e. The summed E-state index contributed by atoms with van der Waals surface area (Å²) in [6, 6.07) is 4.07. The number of unbranched alkanes of at least 4 members (excludes halogenated alkanes) is 3. The second-order valence-electron chi connectivity index (χ2n) is 4.00. The molecule has 0 aliphatic heterocycles.